The molecule has 1 N–H and O–H groups in total. The van der Waals surface area contributed by atoms with E-state index in [2.05, 4.69) is 4.72 Å². The van der Waals surface area contributed by atoms with E-state index < -0.39 is 20.0 Å². The molecule has 0 spiro atoms. The fraction of sp³-hybridized carbons (Fsp3) is 0.571. The second-order valence-corrected chi connectivity index (χ2v) is 10.1. The highest BCUT2D eigenvalue weighted by molar-refractivity contribution is 7.88. The Hall–Kier alpha value is -0.670. The number of sulfonamides is 2. The van der Waals surface area contributed by atoms with Crippen molar-refractivity contribution in [2.75, 3.05) is 25.9 Å². The van der Waals surface area contributed by atoms with Gasteiger partial charge in [0.25, 0.3) is 0 Å². The molecule has 0 amide bonds. The van der Waals surface area contributed by atoms with E-state index in [0.717, 1.165) is 0 Å². The Bertz CT molecular complexity index is 725. The number of piperidine rings is 1. The van der Waals surface area contributed by atoms with Crippen LogP contribution in [0, 0.1) is 5.92 Å². The molecule has 1 aliphatic rings. The summed E-state index contributed by atoms with van der Waals surface area (Å²) >= 11 is 5.78. The normalized spacial score (nSPS) is 18.2. The molecule has 0 aromatic heterocycles. The number of halogens is 1. The molecule has 1 aromatic carbocycles. The third-order valence-electron chi connectivity index (χ3n) is 3.90. The van der Waals surface area contributed by atoms with Crippen molar-refractivity contribution < 1.29 is 16.8 Å². The van der Waals surface area contributed by atoms with Gasteiger partial charge in [0.15, 0.2) is 0 Å². The molecule has 0 bridgehead atoms. The van der Waals surface area contributed by atoms with E-state index >= 15 is 0 Å². The van der Waals surface area contributed by atoms with Crippen molar-refractivity contribution in [3.63, 3.8) is 0 Å². The maximum Gasteiger partial charge on any atom is 0.215 e. The first-order valence-corrected chi connectivity index (χ1v) is 11.2. The molecular weight excluding hydrogens is 360 g/mol. The maximum atomic E-state index is 12.1. The first-order chi connectivity index (χ1) is 10.7. The third-order valence-corrected chi connectivity index (χ3v) is 6.78. The van der Waals surface area contributed by atoms with E-state index in [4.69, 9.17) is 11.6 Å². The minimum atomic E-state index is -3.41. The quantitative estimate of drug-likeness (QED) is 0.809. The van der Waals surface area contributed by atoms with Crippen molar-refractivity contribution >= 4 is 31.6 Å². The van der Waals surface area contributed by atoms with Crippen LogP contribution in [0.25, 0.3) is 0 Å². The summed E-state index contributed by atoms with van der Waals surface area (Å²) in [4.78, 5) is 0. The molecule has 23 heavy (non-hydrogen) atoms. The molecule has 1 fully saturated rings. The molecule has 1 heterocycles. The van der Waals surface area contributed by atoms with Gasteiger partial charge in [-0.05, 0) is 36.5 Å². The van der Waals surface area contributed by atoms with Gasteiger partial charge in [-0.25, -0.2) is 25.9 Å². The van der Waals surface area contributed by atoms with E-state index in [1.54, 1.807) is 24.3 Å². The summed E-state index contributed by atoms with van der Waals surface area (Å²) in [6, 6.07) is 6.69. The zero-order valence-electron chi connectivity index (χ0n) is 12.9. The zero-order chi connectivity index (χ0) is 17.1. The van der Waals surface area contributed by atoms with Gasteiger partial charge in [0.1, 0.15) is 0 Å². The highest BCUT2D eigenvalue weighted by atomic mass is 35.5. The molecule has 2 rings (SSSR count). The lowest BCUT2D eigenvalue weighted by Gasteiger charge is -2.30. The van der Waals surface area contributed by atoms with Crippen molar-refractivity contribution in [3.05, 3.63) is 34.9 Å². The molecule has 130 valence electrons. The molecular formula is C14H21ClN2O4S2. The summed E-state index contributed by atoms with van der Waals surface area (Å²) in [5.41, 5.74) is 0.675. The fourth-order valence-corrected chi connectivity index (χ4v) is 4.76. The Labute approximate surface area is 142 Å². The van der Waals surface area contributed by atoms with Gasteiger partial charge < -0.3 is 0 Å². The predicted molar refractivity (Wildman–Crippen MR) is 91.2 cm³/mol. The smallest absolute Gasteiger partial charge is 0.215 e. The van der Waals surface area contributed by atoms with Crippen molar-refractivity contribution in [1.29, 1.82) is 0 Å². The largest absolute Gasteiger partial charge is 0.215 e. The van der Waals surface area contributed by atoms with Crippen LogP contribution in [0.4, 0.5) is 0 Å². The van der Waals surface area contributed by atoms with E-state index in [-0.39, 0.29) is 11.7 Å². The van der Waals surface area contributed by atoms with Crippen molar-refractivity contribution in [2.24, 2.45) is 5.92 Å². The van der Waals surface area contributed by atoms with E-state index in [9.17, 15) is 16.8 Å². The van der Waals surface area contributed by atoms with Crippen LogP contribution in [0.5, 0.6) is 0 Å². The number of hydrogen-bond acceptors (Lipinski definition) is 4. The molecule has 0 unspecified atom stereocenters. The van der Waals surface area contributed by atoms with Crippen LogP contribution < -0.4 is 4.72 Å². The molecule has 9 heteroatoms. The lowest BCUT2D eigenvalue weighted by Crippen LogP contribution is -2.41. The lowest BCUT2D eigenvalue weighted by molar-refractivity contribution is 0.275. The molecule has 1 aromatic rings. The van der Waals surface area contributed by atoms with Gasteiger partial charge >= 0.3 is 0 Å². The predicted octanol–water partition coefficient (Wildman–Crippen LogP) is 1.43. The average Bonchev–Trinajstić information content (AvgIpc) is 2.47. The average molecular weight is 381 g/mol. The highest BCUT2D eigenvalue weighted by Gasteiger charge is 2.25. The molecule has 1 aliphatic heterocycles. The van der Waals surface area contributed by atoms with Crippen molar-refractivity contribution in [3.8, 4) is 0 Å². The maximum absolute atomic E-state index is 12.1. The second kappa shape index (κ2) is 7.48. The number of rotatable bonds is 6. The molecule has 1 saturated heterocycles. The van der Waals surface area contributed by atoms with Gasteiger partial charge in [0.2, 0.25) is 20.0 Å². The van der Waals surface area contributed by atoms with E-state index in [1.807, 2.05) is 0 Å². The Morgan fingerprint density at radius 2 is 1.70 bits per heavy atom. The summed E-state index contributed by atoms with van der Waals surface area (Å²) in [5.74, 6) is 0.0693. The van der Waals surface area contributed by atoms with Crippen molar-refractivity contribution in [2.45, 2.75) is 18.6 Å². The highest BCUT2D eigenvalue weighted by Crippen LogP contribution is 2.19. The van der Waals surface area contributed by atoms with Gasteiger partial charge in [-0.15, -0.1) is 0 Å². The van der Waals surface area contributed by atoms with Crippen LogP contribution in [-0.2, 0) is 25.8 Å². The molecule has 0 atom stereocenters. The summed E-state index contributed by atoms with van der Waals surface area (Å²) in [5, 5.41) is 0.566. The van der Waals surface area contributed by atoms with Crippen LogP contribution in [-0.4, -0.2) is 47.0 Å². The number of nitrogens with one attached hydrogen (secondary N) is 1. The summed E-state index contributed by atoms with van der Waals surface area (Å²) < 4.78 is 51.1. The van der Waals surface area contributed by atoms with E-state index in [1.165, 1.54) is 10.6 Å². The minimum absolute atomic E-state index is 0.0909. The zero-order valence-corrected chi connectivity index (χ0v) is 15.3. The van der Waals surface area contributed by atoms with Gasteiger partial charge in [-0.1, -0.05) is 23.7 Å². The van der Waals surface area contributed by atoms with Gasteiger partial charge in [-0.3, -0.25) is 0 Å². The number of nitrogens with zero attached hydrogens (tertiary/aromatic N) is 1. The minimum Gasteiger partial charge on any atom is -0.215 e. The van der Waals surface area contributed by atoms with Gasteiger partial charge in [-0.2, -0.15) is 0 Å². The van der Waals surface area contributed by atoms with Crippen molar-refractivity contribution in [1.82, 2.24) is 9.03 Å². The lowest BCUT2D eigenvalue weighted by atomic mass is 9.99. The van der Waals surface area contributed by atoms with Crippen LogP contribution in [0.1, 0.15) is 18.4 Å². The van der Waals surface area contributed by atoms with Gasteiger partial charge in [0.05, 0.1) is 12.0 Å². The molecule has 0 aliphatic carbocycles. The second-order valence-electron chi connectivity index (χ2n) is 5.84. The van der Waals surface area contributed by atoms with Gasteiger partial charge in [0, 0.05) is 24.7 Å². The topological polar surface area (TPSA) is 83.6 Å². The first kappa shape index (κ1) is 18.7. The summed E-state index contributed by atoms with van der Waals surface area (Å²) in [6.45, 7) is 1.23. The Balaban J connectivity index is 1.82. The van der Waals surface area contributed by atoms with Crippen LogP contribution in [0.2, 0.25) is 5.02 Å². The molecule has 6 nitrogen and oxygen atoms in total. The van der Waals surface area contributed by atoms with Crippen LogP contribution in [0.15, 0.2) is 24.3 Å². The Morgan fingerprint density at radius 1 is 1.13 bits per heavy atom. The fourth-order valence-electron chi connectivity index (χ4n) is 2.54. The number of hydrogen-bond donors (Lipinski definition) is 1. The number of benzene rings is 1. The monoisotopic (exact) mass is 380 g/mol. The summed E-state index contributed by atoms with van der Waals surface area (Å²) in [7, 11) is -6.57. The summed E-state index contributed by atoms with van der Waals surface area (Å²) in [6.07, 6.45) is 2.52. The Kier molecular flexibility index (Phi) is 6.07. The van der Waals surface area contributed by atoms with Crippen LogP contribution >= 0.6 is 11.6 Å². The molecule has 0 saturated carbocycles. The SMILES string of the molecule is CS(=O)(=O)N1CCC(CNS(=O)(=O)Cc2ccc(Cl)cc2)CC1. The standard InChI is InChI=1S/C14H21ClN2O4S2/c1-22(18,19)17-8-6-12(7-9-17)10-16-23(20,21)11-13-2-4-14(15)5-3-13/h2-5,12,16H,6-11H2,1H3. The third kappa shape index (κ3) is 6.04. The van der Waals surface area contributed by atoms with Crippen LogP contribution in [0.3, 0.4) is 0 Å². The van der Waals surface area contributed by atoms with E-state index in [0.29, 0.717) is 43.1 Å². The first-order valence-electron chi connectivity index (χ1n) is 7.32. The Morgan fingerprint density at radius 3 is 2.22 bits per heavy atom. The molecule has 0 radical (unpaired) electrons.